The van der Waals surface area contributed by atoms with Crippen molar-refractivity contribution >= 4 is 23.4 Å². The van der Waals surface area contributed by atoms with E-state index in [0.29, 0.717) is 17.9 Å². The number of aryl methyl sites for hydroxylation is 1. The maximum atomic E-state index is 11.9. The molecule has 0 saturated heterocycles. The van der Waals surface area contributed by atoms with Gasteiger partial charge in [0.2, 0.25) is 0 Å². The fraction of sp³-hybridized carbons (Fsp3) is 0.250. The van der Waals surface area contributed by atoms with E-state index in [1.807, 2.05) is 13.0 Å². The number of hydrogen-bond acceptors (Lipinski definition) is 5. The second kappa shape index (κ2) is 7.61. The van der Waals surface area contributed by atoms with Crippen LogP contribution in [0, 0.1) is 6.92 Å². The summed E-state index contributed by atoms with van der Waals surface area (Å²) in [4.78, 5) is 24.6. The van der Waals surface area contributed by atoms with Crippen molar-refractivity contribution in [2.45, 2.75) is 20.4 Å². The summed E-state index contributed by atoms with van der Waals surface area (Å²) in [5.41, 5.74) is 1.25. The lowest BCUT2D eigenvalue weighted by molar-refractivity contribution is 0.0525. The molecular weight excluding hydrogens is 302 g/mol. The monoisotopic (exact) mass is 319 g/mol. The zero-order chi connectivity index (χ0) is 15.9. The van der Waals surface area contributed by atoms with Crippen molar-refractivity contribution in [1.82, 2.24) is 5.32 Å². The zero-order valence-electron chi connectivity index (χ0n) is 12.4. The summed E-state index contributed by atoms with van der Waals surface area (Å²) in [6.45, 7) is 4.19. The summed E-state index contributed by atoms with van der Waals surface area (Å²) in [5, 5.41) is 4.39. The molecule has 6 heteroatoms. The van der Waals surface area contributed by atoms with Gasteiger partial charge in [-0.05, 0) is 31.5 Å². The molecule has 1 aromatic heterocycles. The average Bonchev–Trinajstić information content (AvgIpc) is 2.87. The Morgan fingerprint density at radius 3 is 2.64 bits per heavy atom. The molecule has 0 aliphatic heterocycles. The third-order valence-electron chi connectivity index (χ3n) is 2.96. The normalized spacial score (nSPS) is 10.1. The maximum absolute atomic E-state index is 11.9. The number of ether oxygens (including phenoxy) is 2. The van der Waals surface area contributed by atoms with Crippen molar-refractivity contribution in [2.24, 2.45) is 0 Å². The molecule has 1 aromatic carbocycles. The van der Waals surface area contributed by atoms with E-state index >= 15 is 0 Å². The number of hydrogen-bond donors (Lipinski definition) is 1. The van der Waals surface area contributed by atoms with Gasteiger partial charge >= 0.3 is 12.1 Å². The van der Waals surface area contributed by atoms with Crippen LogP contribution in [0.15, 0.2) is 35.7 Å². The molecule has 0 aliphatic carbocycles. The SMILES string of the molecule is CCOC(=O)c1csc(C)c1CNC(=O)Oc1ccccc1. The van der Waals surface area contributed by atoms with Gasteiger partial charge in [0.05, 0.1) is 12.2 Å². The van der Waals surface area contributed by atoms with Gasteiger partial charge in [-0.3, -0.25) is 0 Å². The third kappa shape index (κ3) is 4.08. The van der Waals surface area contributed by atoms with Crippen LogP contribution in [0.4, 0.5) is 4.79 Å². The molecule has 0 atom stereocenters. The number of amides is 1. The predicted molar refractivity (Wildman–Crippen MR) is 84.3 cm³/mol. The van der Waals surface area contributed by atoms with Crippen molar-refractivity contribution in [3.63, 3.8) is 0 Å². The van der Waals surface area contributed by atoms with E-state index < -0.39 is 6.09 Å². The Kier molecular flexibility index (Phi) is 5.55. The molecule has 1 heterocycles. The molecule has 0 radical (unpaired) electrons. The molecular formula is C16H17NO4S. The summed E-state index contributed by atoms with van der Waals surface area (Å²) >= 11 is 1.45. The van der Waals surface area contributed by atoms with E-state index in [1.54, 1.807) is 36.6 Å². The van der Waals surface area contributed by atoms with Gasteiger partial charge in [-0.2, -0.15) is 0 Å². The van der Waals surface area contributed by atoms with Crippen molar-refractivity contribution in [3.8, 4) is 5.75 Å². The Balaban J connectivity index is 1.98. The van der Waals surface area contributed by atoms with Gasteiger partial charge in [-0.15, -0.1) is 11.3 Å². The first-order valence-electron chi connectivity index (χ1n) is 6.86. The predicted octanol–water partition coefficient (Wildman–Crippen LogP) is 3.52. The Hall–Kier alpha value is -2.34. The number of nitrogens with one attached hydrogen (secondary N) is 1. The number of benzene rings is 1. The topological polar surface area (TPSA) is 64.6 Å². The summed E-state index contributed by atoms with van der Waals surface area (Å²) < 4.78 is 10.1. The smallest absolute Gasteiger partial charge is 0.412 e. The van der Waals surface area contributed by atoms with Crippen molar-refractivity contribution < 1.29 is 19.1 Å². The number of thiophene rings is 1. The van der Waals surface area contributed by atoms with E-state index in [9.17, 15) is 9.59 Å². The van der Waals surface area contributed by atoms with Crippen molar-refractivity contribution in [1.29, 1.82) is 0 Å². The van der Waals surface area contributed by atoms with Gasteiger partial charge in [-0.25, -0.2) is 9.59 Å². The number of para-hydroxylation sites is 1. The van der Waals surface area contributed by atoms with E-state index in [1.165, 1.54) is 11.3 Å². The average molecular weight is 319 g/mol. The summed E-state index contributed by atoms with van der Waals surface area (Å²) in [6, 6.07) is 8.79. The highest BCUT2D eigenvalue weighted by atomic mass is 32.1. The summed E-state index contributed by atoms with van der Waals surface area (Å²) in [5.74, 6) is 0.0905. The minimum atomic E-state index is -0.563. The van der Waals surface area contributed by atoms with Gasteiger partial charge in [0, 0.05) is 16.8 Å². The lowest BCUT2D eigenvalue weighted by atomic mass is 10.1. The van der Waals surface area contributed by atoms with Gasteiger partial charge < -0.3 is 14.8 Å². The molecule has 0 aliphatic rings. The Morgan fingerprint density at radius 1 is 1.23 bits per heavy atom. The minimum absolute atomic E-state index is 0.217. The van der Waals surface area contributed by atoms with Crippen LogP contribution >= 0.6 is 11.3 Å². The van der Waals surface area contributed by atoms with Crippen LogP contribution in [0.25, 0.3) is 0 Å². The first-order chi connectivity index (χ1) is 10.6. The Morgan fingerprint density at radius 2 is 1.95 bits per heavy atom. The van der Waals surface area contributed by atoms with Crippen LogP contribution in [0.3, 0.4) is 0 Å². The van der Waals surface area contributed by atoms with Crippen LogP contribution < -0.4 is 10.1 Å². The highest BCUT2D eigenvalue weighted by Crippen LogP contribution is 2.22. The molecule has 0 fully saturated rings. The second-order valence-electron chi connectivity index (χ2n) is 4.46. The first-order valence-corrected chi connectivity index (χ1v) is 7.74. The quantitative estimate of drug-likeness (QED) is 0.856. The molecule has 116 valence electrons. The van der Waals surface area contributed by atoms with Crippen LogP contribution in [0.1, 0.15) is 27.7 Å². The fourth-order valence-electron chi connectivity index (χ4n) is 1.87. The fourth-order valence-corrected chi connectivity index (χ4v) is 2.73. The van der Waals surface area contributed by atoms with E-state index in [2.05, 4.69) is 5.32 Å². The molecule has 0 spiro atoms. The number of esters is 1. The highest BCUT2D eigenvalue weighted by molar-refractivity contribution is 7.10. The standard InChI is InChI=1S/C16H17NO4S/c1-3-20-15(18)14-10-22-11(2)13(14)9-17-16(19)21-12-7-5-4-6-8-12/h4-8,10H,3,9H2,1-2H3,(H,17,19). The summed E-state index contributed by atoms with van der Waals surface area (Å²) in [6.07, 6.45) is -0.563. The molecule has 2 aromatic rings. The van der Waals surface area contributed by atoms with E-state index in [4.69, 9.17) is 9.47 Å². The molecule has 22 heavy (non-hydrogen) atoms. The van der Waals surface area contributed by atoms with Gasteiger partial charge in [-0.1, -0.05) is 18.2 Å². The van der Waals surface area contributed by atoms with Gasteiger partial charge in [0.15, 0.2) is 0 Å². The van der Waals surface area contributed by atoms with Crippen LogP contribution in [0.2, 0.25) is 0 Å². The third-order valence-corrected chi connectivity index (χ3v) is 3.92. The lowest BCUT2D eigenvalue weighted by Gasteiger charge is -2.08. The van der Waals surface area contributed by atoms with E-state index in [0.717, 1.165) is 10.4 Å². The molecule has 2 rings (SSSR count). The van der Waals surface area contributed by atoms with Gasteiger partial charge in [0.1, 0.15) is 5.75 Å². The minimum Gasteiger partial charge on any atom is -0.462 e. The summed E-state index contributed by atoms with van der Waals surface area (Å²) in [7, 11) is 0. The molecule has 0 bridgehead atoms. The number of carbonyl (C=O) groups is 2. The second-order valence-corrected chi connectivity index (χ2v) is 5.54. The van der Waals surface area contributed by atoms with Crippen LogP contribution in [0.5, 0.6) is 5.75 Å². The zero-order valence-corrected chi connectivity index (χ0v) is 13.2. The lowest BCUT2D eigenvalue weighted by Crippen LogP contribution is -2.27. The highest BCUT2D eigenvalue weighted by Gasteiger charge is 2.17. The molecule has 0 saturated carbocycles. The number of carbonyl (C=O) groups excluding carboxylic acids is 2. The molecule has 0 unspecified atom stereocenters. The molecule has 1 N–H and O–H groups in total. The van der Waals surface area contributed by atoms with Crippen LogP contribution in [-0.4, -0.2) is 18.7 Å². The van der Waals surface area contributed by atoms with Gasteiger partial charge in [0.25, 0.3) is 0 Å². The Labute approximate surface area is 132 Å². The molecule has 1 amide bonds. The van der Waals surface area contributed by atoms with Crippen molar-refractivity contribution in [3.05, 3.63) is 51.7 Å². The number of rotatable bonds is 5. The van der Waals surface area contributed by atoms with Crippen LogP contribution in [-0.2, 0) is 11.3 Å². The molecule has 5 nitrogen and oxygen atoms in total. The maximum Gasteiger partial charge on any atom is 0.412 e. The largest absolute Gasteiger partial charge is 0.462 e. The van der Waals surface area contributed by atoms with E-state index in [-0.39, 0.29) is 12.5 Å². The Bertz CT molecular complexity index is 651. The van der Waals surface area contributed by atoms with Crippen molar-refractivity contribution in [2.75, 3.05) is 6.61 Å². The first kappa shape index (κ1) is 16.0.